The largest absolute Gasteiger partial charge is 0.462 e. The van der Waals surface area contributed by atoms with E-state index in [0.29, 0.717) is 18.4 Å². The lowest BCUT2D eigenvalue weighted by atomic mass is 10.0. The molecule has 0 aromatic heterocycles. The predicted octanol–water partition coefficient (Wildman–Crippen LogP) is 2.44. The van der Waals surface area contributed by atoms with Crippen molar-refractivity contribution in [3.05, 3.63) is 11.1 Å². The highest BCUT2D eigenvalue weighted by Crippen LogP contribution is 2.36. The predicted molar refractivity (Wildman–Crippen MR) is 56.8 cm³/mol. The number of rotatable bonds is 2. The summed E-state index contributed by atoms with van der Waals surface area (Å²) >= 11 is 0. The third-order valence-electron chi connectivity index (χ3n) is 3.05. The molecule has 1 fully saturated rings. The highest BCUT2D eigenvalue weighted by molar-refractivity contribution is 5.93. The zero-order valence-corrected chi connectivity index (χ0v) is 9.54. The summed E-state index contributed by atoms with van der Waals surface area (Å²) in [5, 5.41) is 8.95. The highest BCUT2D eigenvalue weighted by Gasteiger charge is 2.28. The molecule has 0 spiro atoms. The Labute approximate surface area is 90.7 Å². The van der Waals surface area contributed by atoms with Gasteiger partial charge in [0.05, 0.1) is 6.61 Å². The van der Waals surface area contributed by atoms with Crippen LogP contribution in [0.3, 0.4) is 0 Å². The molecule has 0 aliphatic heterocycles. The first-order valence-electron chi connectivity index (χ1n) is 5.39. The minimum absolute atomic E-state index is 0.230. The summed E-state index contributed by atoms with van der Waals surface area (Å²) in [7, 11) is 0. The maximum absolute atomic E-state index is 11.5. The molecule has 1 saturated carbocycles. The van der Waals surface area contributed by atoms with Gasteiger partial charge in [0.15, 0.2) is 0 Å². The van der Waals surface area contributed by atoms with Crippen molar-refractivity contribution in [2.45, 2.75) is 33.6 Å². The van der Waals surface area contributed by atoms with Crippen LogP contribution in [0.4, 0.5) is 0 Å². The summed E-state index contributed by atoms with van der Waals surface area (Å²) in [4.78, 5) is 11.5. The first-order valence-corrected chi connectivity index (χ1v) is 5.39. The van der Waals surface area contributed by atoms with Crippen LogP contribution in [0.5, 0.6) is 0 Å². The number of carbonyl (C=O) groups excluding carboxylic acids is 1. The van der Waals surface area contributed by atoms with E-state index in [1.807, 2.05) is 6.07 Å². The number of nitriles is 1. The monoisotopic (exact) mass is 207 g/mol. The number of allylic oxidation sites excluding steroid dienone is 1. The molecule has 15 heavy (non-hydrogen) atoms. The van der Waals surface area contributed by atoms with E-state index in [4.69, 9.17) is 10.00 Å². The smallest absolute Gasteiger partial charge is 0.348 e. The average molecular weight is 207 g/mol. The summed E-state index contributed by atoms with van der Waals surface area (Å²) in [6.45, 7) is 6.37. The first-order chi connectivity index (χ1) is 7.10. The summed E-state index contributed by atoms with van der Waals surface area (Å²) in [6, 6.07) is 1.97. The normalized spacial score (nSPS) is 24.8. The molecular weight excluding hydrogens is 190 g/mol. The van der Waals surface area contributed by atoms with Gasteiger partial charge in [-0.15, -0.1) is 0 Å². The van der Waals surface area contributed by atoms with Crippen molar-refractivity contribution in [1.29, 1.82) is 5.26 Å². The molecule has 0 heterocycles. The molecule has 0 N–H and O–H groups in total. The van der Waals surface area contributed by atoms with Crippen LogP contribution in [-0.2, 0) is 9.53 Å². The van der Waals surface area contributed by atoms with Gasteiger partial charge in [-0.2, -0.15) is 5.26 Å². The molecule has 2 atom stereocenters. The second-order valence-electron chi connectivity index (χ2n) is 4.17. The lowest BCUT2D eigenvalue weighted by Gasteiger charge is -2.04. The van der Waals surface area contributed by atoms with Crippen LogP contribution in [0.15, 0.2) is 11.1 Å². The van der Waals surface area contributed by atoms with Gasteiger partial charge in [0.25, 0.3) is 0 Å². The fourth-order valence-corrected chi connectivity index (χ4v) is 1.94. The molecule has 1 rings (SSSR count). The lowest BCUT2D eigenvalue weighted by molar-refractivity contribution is -0.138. The number of nitrogens with zero attached hydrogens (tertiary/aromatic N) is 1. The van der Waals surface area contributed by atoms with Gasteiger partial charge in [-0.25, -0.2) is 4.79 Å². The Morgan fingerprint density at radius 1 is 1.47 bits per heavy atom. The van der Waals surface area contributed by atoms with Gasteiger partial charge in [-0.1, -0.05) is 13.8 Å². The molecule has 0 saturated heterocycles. The van der Waals surface area contributed by atoms with Crippen LogP contribution in [0.1, 0.15) is 33.6 Å². The highest BCUT2D eigenvalue weighted by atomic mass is 16.5. The summed E-state index contributed by atoms with van der Waals surface area (Å²) in [5.41, 5.74) is 1.20. The second kappa shape index (κ2) is 4.97. The van der Waals surface area contributed by atoms with Crippen molar-refractivity contribution in [2.24, 2.45) is 11.8 Å². The van der Waals surface area contributed by atoms with Crippen LogP contribution < -0.4 is 0 Å². The fourth-order valence-electron chi connectivity index (χ4n) is 1.94. The van der Waals surface area contributed by atoms with Gasteiger partial charge in [0, 0.05) is 0 Å². The molecule has 0 radical (unpaired) electrons. The maximum Gasteiger partial charge on any atom is 0.348 e. The molecule has 0 amide bonds. The van der Waals surface area contributed by atoms with Gasteiger partial charge in [0.1, 0.15) is 11.6 Å². The Balaban J connectivity index is 2.87. The Morgan fingerprint density at radius 2 is 2.00 bits per heavy atom. The zero-order chi connectivity index (χ0) is 11.4. The SMILES string of the molecule is CCOC(=O)C(C#N)=C1CC(C)C(C)C1. The molecule has 0 bridgehead atoms. The van der Waals surface area contributed by atoms with Crippen LogP contribution >= 0.6 is 0 Å². The third-order valence-corrected chi connectivity index (χ3v) is 3.05. The van der Waals surface area contributed by atoms with Crippen LogP contribution in [0.2, 0.25) is 0 Å². The second-order valence-corrected chi connectivity index (χ2v) is 4.17. The molecule has 1 aliphatic rings. The maximum atomic E-state index is 11.5. The number of esters is 1. The van der Waals surface area contributed by atoms with Crippen LogP contribution in [0.25, 0.3) is 0 Å². The van der Waals surface area contributed by atoms with E-state index >= 15 is 0 Å². The molecule has 0 aromatic rings. The third kappa shape index (κ3) is 2.59. The van der Waals surface area contributed by atoms with E-state index in [9.17, 15) is 4.79 Å². The molecule has 1 aliphatic carbocycles. The molecule has 3 heteroatoms. The Bertz CT molecular complexity index is 313. The summed E-state index contributed by atoms with van der Waals surface area (Å²) < 4.78 is 4.86. The first kappa shape index (κ1) is 11.8. The number of carbonyl (C=O) groups is 1. The number of ether oxygens (including phenoxy) is 1. The molecule has 3 nitrogen and oxygen atoms in total. The van der Waals surface area contributed by atoms with Gasteiger partial charge >= 0.3 is 5.97 Å². The van der Waals surface area contributed by atoms with Crippen molar-refractivity contribution in [3.63, 3.8) is 0 Å². The van der Waals surface area contributed by atoms with Crippen molar-refractivity contribution < 1.29 is 9.53 Å². The Kier molecular flexibility index (Phi) is 3.90. The van der Waals surface area contributed by atoms with Gasteiger partial charge in [-0.05, 0) is 37.2 Å². The fraction of sp³-hybridized carbons (Fsp3) is 0.667. The number of hydrogen-bond acceptors (Lipinski definition) is 3. The van der Waals surface area contributed by atoms with Crippen LogP contribution in [0, 0.1) is 23.2 Å². The van der Waals surface area contributed by atoms with E-state index < -0.39 is 5.97 Å². The lowest BCUT2D eigenvalue weighted by Crippen LogP contribution is -2.08. The molecule has 82 valence electrons. The molecular formula is C12H17NO2. The van der Waals surface area contributed by atoms with E-state index in [1.54, 1.807) is 6.92 Å². The molecule has 2 unspecified atom stereocenters. The van der Waals surface area contributed by atoms with E-state index in [2.05, 4.69) is 13.8 Å². The minimum atomic E-state index is -0.462. The van der Waals surface area contributed by atoms with E-state index in [-0.39, 0.29) is 5.57 Å². The van der Waals surface area contributed by atoms with Crippen molar-refractivity contribution >= 4 is 5.97 Å². The van der Waals surface area contributed by atoms with Crippen LogP contribution in [-0.4, -0.2) is 12.6 Å². The van der Waals surface area contributed by atoms with Crippen molar-refractivity contribution in [2.75, 3.05) is 6.61 Å². The van der Waals surface area contributed by atoms with Crippen molar-refractivity contribution in [1.82, 2.24) is 0 Å². The standard InChI is InChI=1S/C12H17NO2/c1-4-15-12(14)11(7-13)10-5-8(2)9(3)6-10/h8-9H,4-6H2,1-3H3. The summed E-state index contributed by atoms with van der Waals surface area (Å²) in [5.74, 6) is 0.645. The van der Waals surface area contributed by atoms with E-state index in [0.717, 1.165) is 18.4 Å². The topological polar surface area (TPSA) is 50.1 Å². The summed E-state index contributed by atoms with van der Waals surface area (Å²) in [6.07, 6.45) is 1.70. The van der Waals surface area contributed by atoms with E-state index in [1.165, 1.54) is 0 Å². The van der Waals surface area contributed by atoms with Gasteiger partial charge < -0.3 is 4.74 Å². The van der Waals surface area contributed by atoms with Gasteiger partial charge in [0.2, 0.25) is 0 Å². The quantitative estimate of drug-likeness (QED) is 0.397. The Hall–Kier alpha value is -1.30. The van der Waals surface area contributed by atoms with Crippen molar-refractivity contribution in [3.8, 4) is 6.07 Å². The number of hydrogen-bond donors (Lipinski definition) is 0. The average Bonchev–Trinajstić information content (AvgIpc) is 2.48. The Morgan fingerprint density at radius 3 is 2.40 bits per heavy atom. The minimum Gasteiger partial charge on any atom is -0.462 e. The van der Waals surface area contributed by atoms with Gasteiger partial charge in [-0.3, -0.25) is 0 Å². The zero-order valence-electron chi connectivity index (χ0n) is 9.54. The molecule has 0 aromatic carbocycles.